The molecule has 0 radical (unpaired) electrons. The first-order chi connectivity index (χ1) is 12.7. The molecule has 0 bridgehead atoms. The average molecular weight is 348 g/mol. The summed E-state index contributed by atoms with van der Waals surface area (Å²) in [7, 11) is 0. The van der Waals surface area contributed by atoms with Crippen molar-refractivity contribution in [3.63, 3.8) is 0 Å². The van der Waals surface area contributed by atoms with Gasteiger partial charge < -0.3 is 10.0 Å². The molecule has 0 fully saturated rings. The van der Waals surface area contributed by atoms with E-state index in [1.807, 2.05) is 29.2 Å². The van der Waals surface area contributed by atoms with Crippen LogP contribution >= 0.6 is 0 Å². The average Bonchev–Trinajstić information content (AvgIpc) is 2.69. The second-order valence-electron chi connectivity index (χ2n) is 7.04. The van der Waals surface area contributed by atoms with Gasteiger partial charge in [0, 0.05) is 25.3 Å². The number of anilines is 1. The largest absolute Gasteiger partial charge is 0.508 e. The Balaban J connectivity index is 1.40. The van der Waals surface area contributed by atoms with Crippen LogP contribution in [0.2, 0.25) is 0 Å². The van der Waals surface area contributed by atoms with E-state index in [9.17, 15) is 9.90 Å². The highest BCUT2D eigenvalue weighted by Gasteiger charge is 2.24. The number of hydrogen-bond acceptors (Lipinski definition) is 3. The molecule has 0 spiro atoms. The molecule has 2 aromatic carbocycles. The minimum absolute atomic E-state index is 0.193. The van der Waals surface area contributed by atoms with E-state index in [1.165, 1.54) is 11.1 Å². The molecular weight excluding hydrogens is 324 g/mol. The van der Waals surface area contributed by atoms with Gasteiger partial charge in [-0.05, 0) is 54.2 Å². The minimum atomic E-state index is 0.193. The molecule has 1 N–H and O–H groups in total. The van der Waals surface area contributed by atoms with E-state index in [-0.39, 0.29) is 5.91 Å². The summed E-state index contributed by atoms with van der Waals surface area (Å²) in [6, 6.07) is 15.6. The maximum Gasteiger partial charge on any atom is 0.241 e. The molecule has 4 rings (SSSR count). The maximum absolute atomic E-state index is 12.9. The third-order valence-electron chi connectivity index (χ3n) is 5.30. The van der Waals surface area contributed by atoms with Crippen LogP contribution in [0.4, 0.5) is 5.69 Å². The lowest BCUT2D eigenvalue weighted by Gasteiger charge is -2.32. The minimum Gasteiger partial charge on any atom is -0.508 e. The number of rotatable bonds is 3. The van der Waals surface area contributed by atoms with Crippen molar-refractivity contribution in [1.82, 2.24) is 4.90 Å². The third kappa shape index (κ3) is 3.51. The Morgan fingerprint density at radius 1 is 1.00 bits per heavy atom. The molecule has 0 atom stereocenters. The van der Waals surface area contributed by atoms with Crippen LogP contribution in [0.15, 0.2) is 54.6 Å². The molecule has 4 heteroatoms. The van der Waals surface area contributed by atoms with E-state index in [4.69, 9.17) is 0 Å². The van der Waals surface area contributed by atoms with Gasteiger partial charge in [-0.15, -0.1) is 0 Å². The van der Waals surface area contributed by atoms with Crippen LogP contribution < -0.4 is 4.90 Å². The number of carbonyl (C=O) groups is 1. The van der Waals surface area contributed by atoms with Gasteiger partial charge in [0.25, 0.3) is 0 Å². The molecule has 0 aromatic heterocycles. The van der Waals surface area contributed by atoms with Gasteiger partial charge in [0.2, 0.25) is 5.91 Å². The molecule has 2 aromatic rings. The molecule has 0 unspecified atom stereocenters. The third-order valence-corrected chi connectivity index (χ3v) is 5.30. The van der Waals surface area contributed by atoms with Crippen LogP contribution in [0, 0.1) is 0 Å². The number of para-hydroxylation sites is 1. The highest BCUT2D eigenvalue weighted by molar-refractivity contribution is 5.96. The summed E-state index contributed by atoms with van der Waals surface area (Å²) in [5.74, 6) is 0.484. The van der Waals surface area contributed by atoms with Crippen molar-refractivity contribution in [1.29, 1.82) is 0 Å². The molecule has 134 valence electrons. The van der Waals surface area contributed by atoms with Gasteiger partial charge in [-0.1, -0.05) is 36.4 Å². The molecule has 4 nitrogen and oxygen atoms in total. The van der Waals surface area contributed by atoms with E-state index in [0.717, 1.165) is 50.1 Å². The fraction of sp³-hybridized carbons (Fsp3) is 0.318. The highest BCUT2D eigenvalue weighted by atomic mass is 16.3. The Morgan fingerprint density at radius 2 is 1.81 bits per heavy atom. The standard InChI is InChI=1S/C22H24N2O2/c25-20-9-7-17(8-10-20)18-11-14-23(15-12-18)16-22(26)24-13-3-5-19-4-1-2-6-21(19)24/h1-2,4,6-11,25H,3,5,12-16H2. The van der Waals surface area contributed by atoms with Gasteiger partial charge in [-0.2, -0.15) is 0 Å². The Hall–Kier alpha value is -2.59. The normalized spacial score (nSPS) is 17.5. The first-order valence-corrected chi connectivity index (χ1v) is 9.30. The summed E-state index contributed by atoms with van der Waals surface area (Å²) in [5.41, 5.74) is 4.80. The molecule has 0 saturated heterocycles. The molecule has 2 heterocycles. The van der Waals surface area contributed by atoms with Gasteiger partial charge in [-0.25, -0.2) is 0 Å². The number of phenolic OH excluding ortho intramolecular Hbond substituents is 1. The number of amides is 1. The number of hydrogen-bond donors (Lipinski definition) is 1. The second-order valence-corrected chi connectivity index (χ2v) is 7.04. The summed E-state index contributed by atoms with van der Waals surface area (Å²) in [6.07, 6.45) is 5.22. The van der Waals surface area contributed by atoms with E-state index < -0.39 is 0 Å². The van der Waals surface area contributed by atoms with Gasteiger partial charge in [0.1, 0.15) is 5.75 Å². The van der Waals surface area contributed by atoms with Gasteiger partial charge in [0.15, 0.2) is 0 Å². The van der Waals surface area contributed by atoms with Crippen molar-refractivity contribution in [2.45, 2.75) is 19.3 Å². The SMILES string of the molecule is O=C(CN1CC=C(c2ccc(O)cc2)CC1)N1CCCc2ccccc21. The number of carbonyl (C=O) groups excluding carboxylic acids is 1. The quantitative estimate of drug-likeness (QED) is 0.924. The monoisotopic (exact) mass is 348 g/mol. The van der Waals surface area contributed by atoms with E-state index >= 15 is 0 Å². The Bertz CT molecular complexity index is 826. The van der Waals surface area contributed by atoms with E-state index in [2.05, 4.69) is 23.1 Å². The van der Waals surface area contributed by atoms with Crippen molar-refractivity contribution in [3.8, 4) is 5.75 Å². The van der Waals surface area contributed by atoms with Crippen LogP contribution in [-0.2, 0) is 11.2 Å². The topological polar surface area (TPSA) is 43.8 Å². The molecular formula is C22H24N2O2. The van der Waals surface area contributed by atoms with E-state index in [0.29, 0.717) is 12.3 Å². The summed E-state index contributed by atoms with van der Waals surface area (Å²) in [5, 5.41) is 9.42. The summed E-state index contributed by atoms with van der Waals surface area (Å²) < 4.78 is 0. The van der Waals surface area contributed by atoms with Gasteiger partial charge >= 0.3 is 0 Å². The molecule has 26 heavy (non-hydrogen) atoms. The van der Waals surface area contributed by atoms with Crippen molar-refractivity contribution >= 4 is 17.2 Å². The van der Waals surface area contributed by atoms with Gasteiger partial charge in [-0.3, -0.25) is 9.69 Å². The zero-order chi connectivity index (χ0) is 17.9. The lowest BCUT2D eigenvalue weighted by molar-refractivity contribution is -0.119. The number of aryl methyl sites for hydroxylation is 1. The predicted octanol–water partition coefficient (Wildman–Crippen LogP) is 3.46. The summed E-state index contributed by atoms with van der Waals surface area (Å²) in [6.45, 7) is 2.96. The fourth-order valence-corrected chi connectivity index (χ4v) is 3.86. The molecule has 2 aliphatic heterocycles. The zero-order valence-corrected chi connectivity index (χ0v) is 14.9. The van der Waals surface area contributed by atoms with Crippen molar-refractivity contribution in [2.75, 3.05) is 31.1 Å². The molecule has 0 saturated carbocycles. The Kier molecular flexibility index (Phi) is 4.76. The zero-order valence-electron chi connectivity index (χ0n) is 14.9. The number of nitrogens with zero attached hydrogens (tertiary/aromatic N) is 2. The summed E-state index contributed by atoms with van der Waals surface area (Å²) in [4.78, 5) is 17.0. The predicted molar refractivity (Wildman–Crippen MR) is 104 cm³/mol. The second kappa shape index (κ2) is 7.34. The van der Waals surface area contributed by atoms with Crippen LogP contribution in [-0.4, -0.2) is 42.1 Å². The molecule has 1 amide bonds. The first-order valence-electron chi connectivity index (χ1n) is 9.30. The highest BCUT2D eigenvalue weighted by Crippen LogP contribution is 2.28. The lowest BCUT2D eigenvalue weighted by atomic mass is 9.99. The van der Waals surface area contributed by atoms with E-state index in [1.54, 1.807) is 12.1 Å². The van der Waals surface area contributed by atoms with Gasteiger partial charge in [0.05, 0.1) is 6.54 Å². The van der Waals surface area contributed by atoms with Crippen molar-refractivity contribution < 1.29 is 9.90 Å². The van der Waals surface area contributed by atoms with Crippen LogP contribution in [0.25, 0.3) is 5.57 Å². The number of phenols is 1. The maximum atomic E-state index is 12.9. The number of fused-ring (bicyclic) bond motifs is 1. The molecule has 2 aliphatic rings. The smallest absolute Gasteiger partial charge is 0.241 e. The number of aromatic hydroxyl groups is 1. The molecule has 0 aliphatic carbocycles. The lowest BCUT2D eigenvalue weighted by Crippen LogP contribution is -2.43. The first kappa shape index (κ1) is 16.9. The van der Waals surface area contributed by atoms with Crippen LogP contribution in [0.1, 0.15) is 24.0 Å². The number of benzene rings is 2. The van der Waals surface area contributed by atoms with Crippen LogP contribution in [0.3, 0.4) is 0 Å². The summed E-state index contributed by atoms with van der Waals surface area (Å²) >= 11 is 0. The fourth-order valence-electron chi connectivity index (χ4n) is 3.86. The van der Waals surface area contributed by atoms with Crippen molar-refractivity contribution in [3.05, 3.63) is 65.7 Å². The Morgan fingerprint density at radius 3 is 2.58 bits per heavy atom. The van der Waals surface area contributed by atoms with Crippen molar-refractivity contribution in [2.24, 2.45) is 0 Å². The van der Waals surface area contributed by atoms with Crippen LogP contribution in [0.5, 0.6) is 5.75 Å². The Labute approximate surface area is 154 Å².